The van der Waals surface area contributed by atoms with E-state index in [1.54, 1.807) is 12.1 Å². The van der Waals surface area contributed by atoms with E-state index < -0.39 is 5.97 Å². The summed E-state index contributed by atoms with van der Waals surface area (Å²) in [7, 11) is 1.35. The number of hydrogen-bond acceptors (Lipinski definition) is 4. The van der Waals surface area contributed by atoms with Crippen LogP contribution in [0.3, 0.4) is 0 Å². The molecule has 1 unspecified atom stereocenters. The number of ether oxygens (including phenoxy) is 1. The van der Waals surface area contributed by atoms with Gasteiger partial charge in [-0.25, -0.2) is 4.79 Å². The fourth-order valence-corrected chi connectivity index (χ4v) is 1.84. The van der Waals surface area contributed by atoms with Gasteiger partial charge in [-0.2, -0.15) is 0 Å². The van der Waals surface area contributed by atoms with Gasteiger partial charge in [-0.15, -0.1) is 0 Å². The lowest BCUT2D eigenvalue weighted by Gasteiger charge is -2.12. The molecule has 0 radical (unpaired) electrons. The van der Waals surface area contributed by atoms with Crippen LogP contribution in [0.4, 0.5) is 0 Å². The van der Waals surface area contributed by atoms with Crippen molar-refractivity contribution in [3.63, 3.8) is 0 Å². The number of aliphatic carboxylic acids is 1. The highest BCUT2D eigenvalue weighted by Gasteiger charge is 2.08. The molecular weight excluding hydrogens is 270 g/mol. The lowest BCUT2D eigenvalue weighted by atomic mass is 9.99. The van der Waals surface area contributed by atoms with Crippen LogP contribution in [0.5, 0.6) is 0 Å². The normalized spacial score (nSPS) is 11.0. The predicted octanol–water partition coefficient (Wildman–Crippen LogP) is 2.35. The highest BCUT2D eigenvalue weighted by molar-refractivity contribution is 5.89. The van der Waals surface area contributed by atoms with Gasteiger partial charge in [0.05, 0.1) is 19.2 Å². The van der Waals surface area contributed by atoms with Crippen molar-refractivity contribution >= 4 is 11.9 Å². The largest absolute Gasteiger partial charge is 0.480 e. The molecule has 21 heavy (non-hydrogen) atoms. The van der Waals surface area contributed by atoms with Crippen LogP contribution >= 0.6 is 0 Å². The van der Waals surface area contributed by atoms with Gasteiger partial charge in [0, 0.05) is 0 Å². The number of carboxylic acids is 1. The van der Waals surface area contributed by atoms with Gasteiger partial charge in [0.25, 0.3) is 0 Å². The zero-order valence-electron chi connectivity index (χ0n) is 13.2. The summed E-state index contributed by atoms with van der Waals surface area (Å²) in [5, 5.41) is 11.4. The van der Waals surface area contributed by atoms with Crippen LogP contribution in [-0.4, -0.2) is 37.2 Å². The lowest BCUT2D eigenvalue weighted by molar-refractivity contribution is -0.135. The molecular formula is C16H25NO4. The van der Waals surface area contributed by atoms with Crippen molar-refractivity contribution in [3.05, 3.63) is 35.4 Å². The van der Waals surface area contributed by atoms with Crippen molar-refractivity contribution in [2.45, 2.75) is 27.2 Å². The molecule has 5 heteroatoms. The molecule has 0 aromatic heterocycles. The molecule has 118 valence electrons. The van der Waals surface area contributed by atoms with Crippen molar-refractivity contribution < 1.29 is 19.4 Å². The third-order valence-electron chi connectivity index (χ3n) is 2.70. The summed E-state index contributed by atoms with van der Waals surface area (Å²) < 4.78 is 4.67. The second kappa shape index (κ2) is 10.9. The number of esters is 1. The summed E-state index contributed by atoms with van der Waals surface area (Å²) >= 11 is 0. The molecule has 2 N–H and O–H groups in total. The first-order chi connectivity index (χ1) is 10.0. The van der Waals surface area contributed by atoms with Gasteiger partial charge < -0.3 is 15.2 Å². The third kappa shape index (κ3) is 8.09. The van der Waals surface area contributed by atoms with Crippen LogP contribution in [0.25, 0.3) is 0 Å². The minimum atomic E-state index is -0.861. The second-order valence-electron chi connectivity index (χ2n) is 4.53. The molecule has 0 fully saturated rings. The Morgan fingerprint density at radius 2 is 2.00 bits per heavy atom. The number of nitrogens with one attached hydrogen (secondary N) is 1. The van der Waals surface area contributed by atoms with Gasteiger partial charge in [-0.1, -0.05) is 32.9 Å². The van der Waals surface area contributed by atoms with E-state index in [0.29, 0.717) is 12.1 Å². The molecule has 0 amide bonds. The van der Waals surface area contributed by atoms with Gasteiger partial charge in [-0.05, 0) is 36.6 Å². The average Bonchev–Trinajstić information content (AvgIpc) is 2.48. The number of rotatable bonds is 7. The third-order valence-corrected chi connectivity index (χ3v) is 2.70. The Hall–Kier alpha value is -1.88. The minimum Gasteiger partial charge on any atom is -0.480 e. The number of carbonyl (C=O) groups excluding carboxylic acids is 1. The van der Waals surface area contributed by atoms with E-state index in [0.717, 1.165) is 12.0 Å². The number of carbonyl (C=O) groups is 2. The van der Waals surface area contributed by atoms with Crippen LogP contribution in [0.2, 0.25) is 0 Å². The van der Waals surface area contributed by atoms with Crippen LogP contribution in [-0.2, 0) is 16.0 Å². The van der Waals surface area contributed by atoms with E-state index in [1.807, 2.05) is 32.9 Å². The molecule has 0 spiro atoms. The van der Waals surface area contributed by atoms with Gasteiger partial charge in [0.1, 0.15) is 0 Å². The van der Waals surface area contributed by atoms with Crippen molar-refractivity contribution in [2.24, 2.45) is 5.92 Å². The van der Waals surface area contributed by atoms with Crippen molar-refractivity contribution in [3.8, 4) is 0 Å². The lowest BCUT2D eigenvalue weighted by Crippen LogP contribution is -2.27. The summed E-state index contributed by atoms with van der Waals surface area (Å²) in [6.45, 7) is 6.61. The summed E-state index contributed by atoms with van der Waals surface area (Å²) in [5.74, 6) is -0.925. The van der Waals surface area contributed by atoms with E-state index in [1.165, 1.54) is 7.11 Å². The monoisotopic (exact) mass is 295 g/mol. The zero-order chi connectivity index (χ0) is 16.3. The van der Waals surface area contributed by atoms with E-state index >= 15 is 0 Å². The van der Waals surface area contributed by atoms with Crippen LogP contribution in [0.1, 0.15) is 36.7 Å². The van der Waals surface area contributed by atoms with Crippen molar-refractivity contribution in [2.75, 3.05) is 20.2 Å². The molecule has 0 heterocycles. The highest BCUT2D eigenvalue weighted by Crippen LogP contribution is 2.11. The van der Waals surface area contributed by atoms with E-state index in [4.69, 9.17) is 5.11 Å². The quantitative estimate of drug-likeness (QED) is 0.755. The Morgan fingerprint density at radius 1 is 1.33 bits per heavy atom. The van der Waals surface area contributed by atoms with Gasteiger partial charge in [0.2, 0.25) is 0 Å². The number of benzene rings is 1. The topological polar surface area (TPSA) is 75.6 Å². The maximum absolute atomic E-state index is 11.4. The predicted molar refractivity (Wildman–Crippen MR) is 82.5 cm³/mol. The summed E-state index contributed by atoms with van der Waals surface area (Å²) in [5.41, 5.74) is 1.57. The van der Waals surface area contributed by atoms with E-state index in [-0.39, 0.29) is 18.4 Å². The van der Waals surface area contributed by atoms with Gasteiger partial charge in [-0.3, -0.25) is 4.79 Å². The Labute approximate surface area is 126 Å². The fraction of sp³-hybridized carbons (Fsp3) is 0.500. The molecule has 1 rings (SSSR count). The molecule has 0 saturated carbocycles. The highest BCUT2D eigenvalue weighted by atomic mass is 16.5. The van der Waals surface area contributed by atoms with Crippen molar-refractivity contribution in [1.82, 2.24) is 5.32 Å². The first-order valence-corrected chi connectivity index (χ1v) is 7.12. The minimum absolute atomic E-state index is 0.0352. The molecule has 5 nitrogen and oxygen atoms in total. The number of hydrogen-bond donors (Lipinski definition) is 2. The molecule has 0 saturated heterocycles. The summed E-state index contributed by atoms with van der Waals surface area (Å²) in [6, 6.07) is 7.28. The molecule has 1 atom stereocenters. The first-order valence-electron chi connectivity index (χ1n) is 7.12. The Kier molecular flexibility index (Phi) is 9.88. The van der Waals surface area contributed by atoms with Gasteiger partial charge in [0.15, 0.2) is 0 Å². The smallest absolute Gasteiger partial charge is 0.337 e. The second-order valence-corrected chi connectivity index (χ2v) is 4.53. The first kappa shape index (κ1) is 19.1. The molecule has 0 aliphatic rings. The van der Waals surface area contributed by atoms with Gasteiger partial charge >= 0.3 is 11.9 Å². The SMILES string of the molecule is CC.COC(=O)c1cccc(CC(C)CNCC(=O)O)c1. The summed E-state index contributed by atoms with van der Waals surface area (Å²) in [4.78, 5) is 21.8. The van der Waals surface area contributed by atoms with E-state index in [2.05, 4.69) is 10.1 Å². The van der Waals surface area contributed by atoms with Crippen LogP contribution < -0.4 is 5.32 Å². The zero-order valence-corrected chi connectivity index (χ0v) is 13.2. The fourth-order valence-electron chi connectivity index (χ4n) is 1.84. The molecule has 0 bridgehead atoms. The molecule has 1 aromatic rings. The molecule has 0 aliphatic heterocycles. The maximum atomic E-state index is 11.4. The standard InChI is InChI=1S/C14H19NO4.C2H6/c1-10(8-15-9-13(16)17)6-11-4-3-5-12(7-11)14(18)19-2;1-2/h3-5,7,10,15H,6,8-9H2,1-2H3,(H,16,17);1-2H3. The number of methoxy groups -OCH3 is 1. The Bertz CT molecular complexity index is 446. The summed E-state index contributed by atoms with van der Waals surface area (Å²) in [6.07, 6.45) is 0.775. The maximum Gasteiger partial charge on any atom is 0.337 e. The van der Waals surface area contributed by atoms with Crippen LogP contribution in [0.15, 0.2) is 24.3 Å². The van der Waals surface area contributed by atoms with E-state index in [9.17, 15) is 9.59 Å². The Balaban J connectivity index is 0.00000191. The van der Waals surface area contributed by atoms with Crippen LogP contribution in [0, 0.1) is 5.92 Å². The molecule has 0 aliphatic carbocycles. The average molecular weight is 295 g/mol. The van der Waals surface area contributed by atoms with Crippen molar-refractivity contribution in [1.29, 1.82) is 0 Å². The Morgan fingerprint density at radius 3 is 2.57 bits per heavy atom. The molecule has 1 aromatic carbocycles. The number of carboxylic acid groups (broad SMARTS) is 1.